The number of ether oxygens (including phenoxy) is 1. The average molecular weight is 479 g/mol. The minimum absolute atomic E-state index is 0.0218. The van der Waals surface area contributed by atoms with E-state index in [1.165, 1.54) is 4.90 Å². The first-order chi connectivity index (χ1) is 16.8. The van der Waals surface area contributed by atoms with Crippen molar-refractivity contribution in [2.75, 3.05) is 13.2 Å². The molecule has 1 fully saturated rings. The van der Waals surface area contributed by atoms with Crippen LogP contribution in [-0.2, 0) is 14.3 Å². The number of carbonyl (C=O) groups excluding carboxylic acids is 2. The molecule has 0 aromatic heterocycles. The molecule has 1 saturated heterocycles. The highest BCUT2D eigenvalue weighted by molar-refractivity contribution is 5.84. The van der Waals surface area contributed by atoms with E-state index in [-0.39, 0.29) is 36.7 Å². The van der Waals surface area contributed by atoms with Crippen molar-refractivity contribution in [1.82, 2.24) is 10.2 Å². The van der Waals surface area contributed by atoms with Crippen molar-refractivity contribution in [3.63, 3.8) is 0 Å². The topological polar surface area (TPSA) is 95.9 Å². The van der Waals surface area contributed by atoms with Gasteiger partial charge in [0, 0.05) is 24.9 Å². The third-order valence-electron chi connectivity index (χ3n) is 7.32. The second-order valence-corrected chi connectivity index (χ2v) is 10.1. The van der Waals surface area contributed by atoms with Crippen molar-refractivity contribution < 1.29 is 24.2 Å². The standard InChI is InChI=1S/C28H34N2O5/c1-17(2)24(15-26(31)30-13-12-18(3)14-25(30)27(32)33)29-28(34)35-16-23-21-10-6-4-8-19(21)20-9-5-7-11-22(20)23/h4-11,17-18,23-25H,12-16H2,1-3H3,(H,29,34)(H,32,33)/t18?,24-,25?/m0/s1. The van der Waals surface area contributed by atoms with Gasteiger partial charge in [-0.05, 0) is 46.9 Å². The van der Waals surface area contributed by atoms with Gasteiger partial charge in [-0.2, -0.15) is 0 Å². The van der Waals surface area contributed by atoms with Gasteiger partial charge < -0.3 is 20.1 Å². The lowest BCUT2D eigenvalue weighted by atomic mass is 9.91. The van der Waals surface area contributed by atoms with E-state index in [9.17, 15) is 19.5 Å². The van der Waals surface area contributed by atoms with Crippen LogP contribution >= 0.6 is 0 Å². The van der Waals surface area contributed by atoms with Gasteiger partial charge in [0.25, 0.3) is 0 Å². The smallest absolute Gasteiger partial charge is 0.407 e. The number of carboxylic acids is 1. The number of hydrogen-bond acceptors (Lipinski definition) is 4. The molecule has 2 unspecified atom stereocenters. The second-order valence-electron chi connectivity index (χ2n) is 10.1. The Bertz CT molecular complexity index is 1050. The van der Waals surface area contributed by atoms with E-state index in [2.05, 4.69) is 29.6 Å². The molecule has 1 aliphatic heterocycles. The van der Waals surface area contributed by atoms with Gasteiger partial charge in [-0.25, -0.2) is 9.59 Å². The Labute approximate surface area is 206 Å². The summed E-state index contributed by atoms with van der Waals surface area (Å²) in [7, 11) is 0. The van der Waals surface area contributed by atoms with Crippen LogP contribution in [0.5, 0.6) is 0 Å². The zero-order chi connectivity index (χ0) is 25.1. The summed E-state index contributed by atoms with van der Waals surface area (Å²) in [4.78, 5) is 39.0. The molecule has 2 aliphatic rings. The third-order valence-corrected chi connectivity index (χ3v) is 7.32. The molecule has 186 valence electrons. The van der Waals surface area contributed by atoms with Gasteiger partial charge in [0.2, 0.25) is 5.91 Å². The molecule has 1 aliphatic carbocycles. The number of aliphatic carboxylic acids is 1. The molecule has 0 spiro atoms. The lowest BCUT2D eigenvalue weighted by Gasteiger charge is -2.37. The van der Waals surface area contributed by atoms with E-state index in [0.29, 0.717) is 13.0 Å². The average Bonchev–Trinajstić information content (AvgIpc) is 3.15. The Hall–Kier alpha value is -3.35. The summed E-state index contributed by atoms with van der Waals surface area (Å²) in [6, 6.07) is 15.0. The van der Waals surface area contributed by atoms with Crippen molar-refractivity contribution in [2.45, 2.75) is 58.0 Å². The highest BCUT2D eigenvalue weighted by atomic mass is 16.5. The van der Waals surface area contributed by atoms with Crippen LogP contribution in [0.3, 0.4) is 0 Å². The SMILES string of the molecule is CC1CCN(C(=O)C[C@H](NC(=O)OCC2c3ccccc3-c3ccccc32)C(C)C)C(C(=O)O)C1. The number of nitrogens with one attached hydrogen (secondary N) is 1. The zero-order valence-electron chi connectivity index (χ0n) is 20.6. The Kier molecular flexibility index (Phi) is 7.43. The van der Waals surface area contributed by atoms with Gasteiger partial charge in [-0.15, -0.1) is 0 Å². The summed E-state index contributed by atoms with van der Waals surface area (Å²) in [6.45, 7) is 6.48. The molecular formula is C28H34N2O5. The molecule has 7 heteroatoms. The van der Waals surface area contributed by atoms with Gasteiger partial charge in [-0.1, -0.05) is 69.3 Å². The molecule has 2 aromatic carbocycles. The van der Waals surface area contributed by atoms with E-state index in [1.807, 2.05) is 45.0 Å². The molecule has 2 N–H and O–H groups in total. The number of amides is 2. The summed E-state index contributed by atoms with van der Waals surface area (Å²) in [6.07, 6.45) is 0.704. The molecular weight excluding hydrogens is 444 g/mol. The molecule has 2 amide bonds. The maximum absolute atomic E-state index is 13.0. The normalized spacial score (nSPS) is 20.2. The van der Waals surface area contributed by atoms with Gasteiger partial charge in [-0.3, -0.25) is 4.79 Å². The number of carbonyl (C=O) groups is 3. The fraction of sp³-hybridized carbons (Fsp3) is 0.464. The zero-order valence-corrected chi connectivity index (χ0v) is 20.6. The maximum atomic E-state index is 13.0. The Balaban J connectivity index is 1.38. The fourth-order valence-corrected chi connectivity index (χ4v) is 5.22. The van der Waals surface area contributed by atoms with Crippen LogP contribution in [0.25, 0.3) is 11.1 Å². The molecule has 35 heavy (non-hydrogen) atoms. The summed E-state index contributed by atoms with van der Waals surface area (Å²) >= 11 is 0. The van der Waals surface area contributed by atoms with Crippen molar-refractivity contribution in [1.29, 1.82) is 0 Å². The van der Waals surface area contributed by atoms with Crippen LogP contribution in [-0.4, -0.2) is 53.2 Å². The summed E-state index contributed by atoms with van der Waals surface area (Å²) < 4.78 is 5.65. The minimum atomic E-state index is -0.976. The monoisotopic (exact) mass is 478 g/mol. The first-order valence-corrected chi connectivity index (χ1v) is 12.4. The number of piperidine rings is 1. The molecule has 2 aromatic rings. The van der Waals surface area contributed by atoms with Crippen molar-refractivity contribution in [3.8, 4) is 11.1 Å². The summed E-state index contributed by atoms with van der Waals surface area (Å²) in [5, 5.41) is 12.4. The van der Waals surface area contributed by atoms with Gasteiger partial charge in [0.05, 0.1) is 0 Å². The number of alkyl carbamates (subject to hydrolysis) is 1. The Morgan fingerprint density at radius 3 is 2.23 bits per heavy atom. The molecule has 3 atom stereocenters. The number of fused-ring (bicyclic) bond motifs is 3. The van der Waals surface area contributed by atoms with Crippen LogP contribution in [0.15, 0.2) is 48.5 Å². The van der Waals surface area contributed by atoms with Crippen molar-refractivity contribution in [3.05, 3.63) is 59.7 Å². The largest absolute Gasteiger partial charge is 0.480 e. The predicted octanol–water partition coefficient (Wildman–Crippen LogP) is 4.65. The van der Waals surface area contributed by atoms with E-state index in [1.54, 1.807) is 0 Å². The lowest BCUT2D eigenvalue weighted by Crippen LogP contribution is -2.52. The van der Waals surface area contributed by atoms with Crippen LogP contribution in [0.4, 0.5) is 4.79 Å². The van der Waals surface area contributed by atoms with E-state index in [0.717, 1.165) is 28.7 Å². The van der Waals surface area contributed by atoms with Crippen molar-refractivity contribution >= 4 is 18.0 Å². The summed E-state index contributed by atoms with van der Waals surface area (Å²) in [5.41, 5.74) is 4.59. The summed E-state index contributed by atoms with van der Waals surface area (Å²) in [5.74, 6) is -1.03. The number of likely N-dealkylation sites (tertiary alicyclic amines) is 1. The van der Waals surface area contributed by atoms with Gasteiger partial charge >= 0.3 is 12.1 Å². The Morgan fingerprint density at radius 2 is 1.66 bits per heavy atom. The number of nitrogens with zero attached hydrogens (tertiary/aromatic N) is 1. The second kappa shape index (κ2) is 10.5. The number of benzene rings is 2. The molecule has 4 rings (SSSR count). The Morgan fingerprint density at radius 1 is 1.06 bits per heavy atom. The predicted molar refractivity (Wildman–Crippen MR) is 133 cm³/mol. The number of hydrogen-bond donors (Lipinski definition) is 2. The van der Waals surface area contributed by atoms with E-state index < -0.39 is 24.1 Å². The van der Waals surface area contributed by atoms with Gasteiger partial charge in [0.1, 0.15) is 12.6 Å². The highest BCUT2D eigenvalue weighted by Crippen LogP contribution is 2.44. The van der Waals surface area contributed by atoms with Crippen LogP contribution in [0.1, 0.15) is 57.1 Å². The number of rotatable bonds is 7. The fourth-order valence-electron chi connectivity index (χ4n) is 5.22. The molecule has 0 bridgehead atoms. The lowest BCUT2D eigenvalue weighted by molar-refractivity contribution is -0.153. The van der Waals surface area contributed by atoms with E-state index >= 15 is 0 Å². The van der Waals surface area contributed by atoms with E-state index in [4.69, 9.17) is 4.74 Å². The quantitative estimate of drug-likeness (QED) is 0.604. The van der Waals surface area contributed by atoms with Crippen LogP contribution in [0, 0.1) is 11.8 Å². The van der Waals surface area contributed by atoms with Crippen LogP contribution in [0.2, 0.25) is 0 Å². The highest BCUT2D eigenvalue weighted by Gasteiger charge is 2.36. The molecule has 0 radical (unpaired) electrons. The first kappa shape index (κ1) is 24.8. The van der Waals surface area contributed by atoms with Crippen molar-refractivity contribution in [2.24, 2.45) is 11.8 Å². The van der Waals surface area contributed by atoms with Gasteiger partial charge in [0.15, 0.2) is 0 Å². The molecule has 7 nitrogen and oxygen atoms in total. The molecule has 1 heterocycles. The van der Waals surface area contributed by atoms with Crippen LogP contribution < -0.4 is 5.32 Å². The maximum Gasteiger partial charge on any atom is 0.407 e. The third kappa shape index (κ3) is 5.34. The molecule has 0 saturated carbocycles. The number of carboxylic acid groups (broad SMARTS) is 1. The first-order valence-electron chi connectivity index (χ1n) is 12.4. The minimum Gasteiger partial charge on any atom is -0.480 e.